The van der Waals surface area contributed by atoms with Crippen LogP contribution in [-0.4, -0.2) is 33.9 Å². The second-order valence-corrected chi connectivity index (χ2v) is 12.2. The zero-order valence-corrected chi connectivity index (χ0v) is 20.4. The fourth-order valence-electron chi connectivity index (χ4n) is 8.60. The number of nitrogens with two attached hydrogens (primary N) is 1. The van der Waals surface area contributed by atoms with E-state index in [-0.39, 0.29) is 23.2 Å². The number of aliphatic hydroxyl groups is 1. The number of hydrogen-bond donors (Lipinski definition) is 2. The number of hydrazone groups is 1. The molecule has 4 fully saturated rings. The SMILES string of the molecule is CC/C=N\N(N)[C@H](C)C(=O)[C@H]1CC[C@H]2[C@@H]3CC[C@H]4C[C@](C)(O)CCC4(C)[C@H]3CC[C@]12C. The van der Waals surface area contributed by atoms with E-state index in [1.54, 1.807) is 6.21 Å². The van der Waals surface area contributed by atoms with Gasteiger partial charge in [-0.25, -0.2) is 11.0 Å². The topological polar surface area (TPSA) is 78.9 Å². The van der Waals surface area contributed by atoms with Crippen LogP contribution in [0.2, 0.25) is 0 Å². The van der Waals surface area contributed by atoms with Gasteiger partial charge in [-0.3, -0.25) is 4.79 Å². The normalized spacial score (nSPS) is 48.0. The highest BCUT2D eigenvalue weighted by molar-refractivity contribution is 5.87. The summed E-state index contributed by atoms with van der Waals surface area (Å²) in [6.07, 6.45) is 12.8. The molecule has 31 heavy (non-hydrogen) atoms. The first kappa shape index (κ1) is 23.2. The maximum absolute atomic E-state index is 13.5. The molecule has 4 saturated carbocycles. The monoisotopic (exact) mass is 431 g/mol. The summed E-state index contributed by atoms with van der Waals surface area (Å²) in [6, 6.07) is -0.366. The molecule has 176 valence electrons. The van der Waals surface area contributed by atoms with Crippen LogP contribution in [0.3, 0.4) is 0 Å². The van der Waals surface area contributed by atoms with Crippen LogP contribution >= 0.6 is 0 Å². The Hall–Kier alpha value is -0.940. The van der Waals surface area contributed by atoms with E-state index in [0.717, 1.165) is 50.4 Å². The Morgan fingerprint density at radius 3 is 2.52 bits per heavy atom. The summed E-state index contributed by atoms with van der Waals surface area (Å²) in [7, 11) is 0. The number of fused-ring (bicyclic) bond motifs is 5. The van der Waals surface area contributed by atoms with Gasteiger partial charge < -0.3 is 5.11 Å². The molecule has 5 heteroatoms. The third kappa shape index (κ3) is 3.78. The summed E-state index contributed by atoms with van der Waals surface area (Å²) in [5, 5.41) is 16.3. The van der Waals surface area contributed by atoms with Crippen LogP contribution in [0.1, 0.15) is 98.8 Å². The lowest BCUT2D eigenvalue weighted by Gasteiger charge is -2.61. The number of nitrogens with zero attached hydrogens (tertiary/aromatic N) is 2. The van der Waals surface area contributed by atoms with Gasteiger partial charge in [-0.2, -0.15) is 5.10 Å². The van der Waals surface area contributed by atoms with Crippen LogP contribution in [-0.2, 0) is 4.79 Å². The molecule has 0 aliphatic heterocycles. The van der Waals surface area contributed by atoms with Crippen LogP contribution in [0, 0.1) is 40.4 Å². The van der Waals surface area contributed by atoms with Crippen LogP contribution in [0.5, 0.6) is 0 Å². The molecule has 9 atom stereocenters. The summed E-state index contributed by atoms with van der Waals surface area (Å²) >= 11 is 0. The molecule has 0 saturated heterocycles. The van der Waals surface area contributed by atoms with E-state index in [2.05, 4.69) is 18.9 Å². The van der Waals surface area contributed by atoms with Crippen molar-refractivity contribution < 1.29 is 9.90 Å². The van der Waals surface area contributed by atoms with Crippen molar-refractivity contribution in [2.45, 2.75) is 110 Å². The number of carbonyl (C=O) groups excluding carboxylic acids is 1. The van der Waals surface area contributed by atoms with Gasteiger partial charge in [0.1, 0.15) is 6.04 Å². The van der Waals surface area contributed by atoms with Gasteiger partial charge in [0.15, 0.2) is 5.78 Å². The minimum Gasteiger partial charge on any atom is -0.390 e. The molecule has 0 spiro atoms. The Bertz CT molecular complexity index is 721. The highest BCUT2D eigenvalue weighted by atomic mass is 16.3. The van der Waals surface area contributed by atoms with E-state index in [9.17, 15) is 9.90 Å². The third-order valence-electron chi connectivity index (χ3n) is 10.5. The Morgan fingerprint density at radius 2 is 1.81 bits per heavy atom. The summed E-state index contributed by atoms with van der Waals surface area (Å²) in [4.78, 5) is 13.5. The van der Waals surface area contributed by atoms with Crippen molar-refractivity contribution in [3.63, 3.8) is 0 Å². The van der Waals surface area contributed by atoms with Gasteiger partial charge >= 0.3 is 0 Å². The van der Waals surface area contributed by atoms with E-state index >= 15 is 0 Å². The first-order chi connectivity index (χ1) is 14.5. The van der Waals surface area contributed by atoms with Gasteiger partial charge in [-0.15, -0.1) is 0 Å². The molecular formula is C26H45N3O2. The summed E-state index contributed by atoms with van der Waals surface area (Å²) in [5.74, 6) is 9.29. The predicted octanol–water partition coefficient (Wildman–Crippen LogP) is 4.93. The van der Waals surface area contributed by atoms with Crippen molar-refractivity contribution >= 4 is 12.0 Å². The third-order valence-corrected chi connectivity index (χ3v) is 10.5. The Labute approximate surface area is 189 Å². The number of rotatable bonds is 5. The van der Waals surface area contributed by atoms with Gasteiger partial charge in [0.2, 0.25) is 0 Å². The van der Waals surface area contributed by atoms with Crippen molar-refractivity contribution in [3.8, 4) is 0 Å². The molecule has 0 bridgehead atoms. The first-order valence-corrected chi connectivity index (χ1v) is 12.9. The average molecular weight is 432 g/mol. The molecule has 4 aliphatic carbocycles. The molecule has 0 radical (unpaired) electrons. The van der Waals surface area contributed by atoms with Gasteiger partial charge in [-0.1, -0.05) is 20.8 Å². The van der Waals surface area contributed by atoms with E-state index in [1.807, 2.05) is 20.8 Å². The Kier molecular flexibility index (Phi) is 6.09. The molecule has 0 amide bonds. The lowest BCUT2D eigenvalue weighted by Crippen LogP contribution is -2.56. The van der Waals surface area contributed by atoms with Crippen LogP contribution in [0.4, 0.5) is 0 Å². The van der Waals surface area contributed by atoms with Gasteiger partial charge in [-0.05, 0) is 113 Å². The molecule has 1 unspecified atom stereocenters. The van der Waals surface area contributed by atoms with Crippen molar-refractivity contribution in [3.05, 3.63) is 0 Å². The Balaban J connectivity index is 1.51. The zero-order chi connectivity index (χ0) is 22.6. The van der Waals surface area contributed by atoms with Crippen molar-refractivity contribution in [1.82, 2.24) is 5.12 Å². The standard InChI is InChI=1S/C26H45N3O2/c1-6-15-28-29(27)17(2)23(30)22-10-9-20-19-8-7-18-16-24(3,31)13-14-25(18,4)21(19)11-12-26(20,22)5/h15,17-22,31H,6-14,16,27H2,1-5H3/b28-15-/t17-,18+,19+,20+,21+,22-,24-,25?,26+/m1/s1. The highest BCUT2D eigenvalue weighted by Crippen LogP contribution is 2.68. The van der Waals surface area contributed by atoms with Crippen molar-refractivity contribution in [1.29, 1.82) is 0 Å². The molecule has 0 aromatic carbocycles. The number of carbonyl (C=O) groups is 1. The second kappa shape index (κ2) is 8.13. The van der Waals surface area contributed by atoms with Gasteiger partial charge in [0.25, 0.3) is 0 Å². The van der Waals surface area contributed by atoms with Crippen LogP contribution in [0.15, 0.2) is 5.10 Å². The van der Waals surface area contributed by atoms with Crippen LogP contribution < -0.4 is 5.84 Å². The predicted molar refractivity (Wildman–Crippen MR) is 125 cm³/mol. The van der Waals surface area contributed by atoms with Crippen molar-refractivity contribution in [2.24, 2.45) is 51.4 Å². The first-order valence-electron chi connectivity index (χ1n) is 12.9. The average Bonchev–Trinajstić information content (AvgIpc) is 3.08. The summed E-state index contributed by atoms with van der Waals surface area (Å²) in [6.45, 7) is 10.9. The number of hydrazine groups is 1. The molecule has 5 nitrogen and oxygen atoms in total. The Morgan fingerprint density at radius 1 is 1.10 bits per heavy atom. The molecular weight excluding hydrogens is 386 g/mol. The van der Waals surface area contributed by atoms with E-state index < -0.39 is 5.60 Å². The highest BCUT2D eigenvalue weighted by Gasteiger charge is 2.62. The second-order valence-electron chi connectivity index (χ2n) is 12.2. The van der Waals surface area contributed by atoms with Crippen molar-refractivity contribution in [2.75, 3.05) is 0 Å². The molecule has 0 heterocycles. The van der Waals surface area contributed by atoms with Gasteiger partial charge in [0.05, 0.1) is 5.60 Å². The lowest BCUT2D eigenvalue weighted by molar-refractivity contribution is -0.152. The molecule has 4 aliphatic rings. The van der Waals surface area contributed by atoms with E-state index in [4.69, 9.17) is 5.84 Å². The fraction of sp³-hybridized carbons (Fsp3) is 0.923. The quantitative estimate of drug-likeness (QED) is 0.368. The molecule has 0 aromatic heterocycles. The fourth-order valence-corrected chi connectivity index (χ4v) is 8.60. The summed E-state index contributed by atoms with van der Waals surface area (Å²) in [5.41, 5.74) is -0.00840. The zero-order valence-electron chi connectivity index (χ0n) is 20.4. The lowest BCUT2D eigenvalue weighted by atomic mass is 9.44. The van der Waals surface area contributed by atoms with E-state index in [1.165, 1.54) is 30.8 Å². The molecule has 3 N–H and O–H groups in total. The van der Waals surface area contributed by atoms with Gasteiger partial charge in [0, 0.05) is 12.1 Å². The smallest absolute Gasteiger partial charge is 0.161 e. The van der Waals surface area contributed by atoms with Crippen LogP contribution in [0.25, 0.3) is 0 Å². The summed E-state index contributed by atoms with van der Waals surface area (Å²) < 4.78 is 0. The molecule has 0 aromatic rings. The van der Waals surface area contributed by atoms with E-state index in [0.29, 0.717) is 17.3 Å². The maximum atomic E-state index is 13.5. The number of ketones is 1. The minimum absolute atomic E-state index is 0.102. The molecule has 4 rings (SSSR count). The number of Topliss-reactive ketones (excluding diaryl/α,β-unsaturated/α-hetero) is 1. The maximum Gasteiger partial charge on any atom is 0.161 e. The largest absolute Gasteiger partial charge is 0.390 e. The minimum atomic E-state index is -0.477. The number of hydrogen-bond acceptors (Lipinski definition) is 5.